The molecule has 1 aromatic rings. The zero-order valence-corrected chi connectivity index (χ0v) is 12.2. The van der Waals surface area contributed by atoms with Crippen LogP contribution in [0.4, 0.5) is 0 Å². The lowest BCUT2D eigenvalue weighted by Crippen LogP contribution is -2.45. The molecule has 18 heavy (non-hydrogen) atoms. The van der Waals surface area contributed by atoms with E-state index in [1.165, 1.54) is 11.3 Å². The zero-order valence-electron chi connectivity index (χ0n) is 11.4. The number of ether oxygens (including phenoxy) is 1. The van der Waals surface area contributed by atoms with Crippen LogP contribution in [-0.4, -0.2) is 50.3 Å². The van der Waals surface area contributed by atoms with Gasteiger partial charge in [-0.05, 0) is 38.3 Å². The number of likely N-dealkylation sites (N-methyl/N-ethyl adjacent to an activating group) is 1. The monoisotopic (exact) mass is 268 g/mol. The minimum absolute atomic E-state index is 0.526. The van der Waals surface area contributed by atoms with Gasteiger partial charge in [0.25, 0.3) is 0 Å². The number of nitrogens with zero attached hydrogens (tertiary/aromatic N) is 1. The van der Waals surface area contributed by atoms with Gasteiger partial charge in [-0.15, -0.1) is 11.3 Å². The van der Waals surface area contributed by atoms with Crippen molar-refractivity contribution in [2.24, 2.45) is 0 Å². The lowest BCUT2D eigenvalue weighted by molar-refractivity contribution is 0.0645. The van der Waals surface area contributed by atoms with Gasteiger partial charge in [0.05, 0.1) is 13.2 Å². The molecule has 1 saturated heterocycles. The third-order valence-corrected chi connectivity index (χ3v) is 4.60. The molecule has 1 fully saturated rings. The van der Waals surface area contributed by atoms with Gasteiger partial charge in [-0.1, -0.05) is 6.07 Å². The summed E-state index contributed by atoms with van der Waals surface area (Å²) in [5, 5.41) is 5.68. The molecule has 0 radical (unpaired) electrons. The van der Waals surface area contributed by atoms with Gasteiger partial charge in [-0.3, -0.25) is 0 Å². The van der Waals surface area contributed by atoms with Crippen molar-refractivity contribution >= 4 is 11.3 Å². The van der Waals surface area contributed by atoms with Crippen molar-refractivity contribution in [1.29, 1.82) is 0 Å². The molecule has 1 aliphatic heterocycles. The second-order valence-electron chi connectivity index (χ2n) is 5.12. The summed E-state index contributed by atoms with van der Waals surface area (Å²) >= 11 is 1.85. The van der Waals surface area contributed by atoms with Crippen LogP contribution in [-0.2, 0) is 11.2 Å². The predicted molar refractivity (Wildman–Crippen MR) is 77.3 cm³/mol. The maximum absolute atomic E-state index is 5.50. The Labute approximate surface area is 114 Å². The Kier molecular flexibility index (Phi) is 5.63. The Morgan fingerprint density at radius 1 is 1.61 bits per heavy atom. The molecule has 3 nitrogen and oxygen atoms in total. The maximum Gasteiger partial charge on any atom is 0.0620 e. The number of thiophene rings is 1. The van der Waals surface area contributed by atoms with Crippen LogP contribution in [0.3, 0.4) is 0 Å². The van der Waals surface area contributed by atoms with Gasteiger partial charge in [0.15, 0.2) is 0 Å². The third kappa shape index (κ3) is 4.35. The molecule has 2 heterocycles. The highest BCUT2D eigenvalue weighted by atomic mass is 32.1. The minimum atomic E-state index is 0.526. The first kappa shape index (κ1) is 14.0. The van der Waals surface area contributed by atoms with E-state index in [2.05, 4.69) is 41.7 Å². The van der Waals surface area contributed by atoms with Crippen LogP contribution in [0.5, 0.6) is 0 Å². The van der Waals surface area contributed by atoms with E-state index in [0.29, 0.717) is 12.1 Å². The average Bonchev–Trinajstić information content (AvgIpc) is 2.90. The molecule has 1 N–H and O–H groups in total. The Hall–Kier alpha value is -0.420. The molecule has 0 amide bonds. The van der Waals surface area contributed by atoms with E-state index in [0.717, 1.165) is 32.7 Å². The van der Waals surface area contributed by atoms with Gasteiger partial charge in [0.1, 0.15) is 0 Å². The first-order chi connectivity index (χ1) is 8.75. The summed E-state index contributed by atoms with van der Waals surface area (Å²) in [7, 11) is 2.22. The molecule has 0 aliphatic carbocycles. The molecule has 2 rings (SSSR count). The van der Waals surface area contributed by atoms with E-state index in [1.54, 1.807) is 0 Å². The van der Waals surface area contributed by atoms with Gasteiger partial charge in [-0.2, -0.15) is 0 Å². The summed E-state index contributed by atoms with van der Waals surface area (Å²) in [5.74, 6) is 0. The van der Waals surface area contributed by atoms with Crippen molar-refractivity contribution in [2.45, 2.75) is 31.8 Å². The summed E-state index contributed by atoms with van der Waals surface area (Å²) in [6.45, 7) is 6.17. The highest BCUT2D eigenvalue weighted by Gasteiger charge is 2.18. The second-order valence-corrected chi connectivity index (χ2v) is 6.15. The molecule has 1 aromatic heterocycles. The molecule has 4 heteroatoms. The van der Waals surface area contributed by atoms with E-state index >= 15 is 0 Å². The topological polar surface area (TPSA) is 24.5 Å². The predicted octanol–water partition coefficient (Wildman–Crippen LogP) is 1.99. The quantitative estimate of drug-likeness (QED) is 0.854. The smallest absolute Gasteiger partial charge is 0.0620 e. The van der Waals surface area contributed by atoms with Gasteiger partial charge in [0.2, 0.25) is 0 Å². The highest BCUT2D eigenvalue weighted by molar-refractivity contribution is 7.09. The van der Waals surface area contributed by atoms with Gasteiger partial charge < -0.3 is 15.0 Å². The lowest BCUT2D eigenvalue weighted by atomic mass is 10.1. The largest absolute Gasteiger partial charge is 0.379 e. The molecule has 2 atom stereocenters. The van der Waals surface area contributed by atoms with Crippen molar-refractivity contribution in [2.75, 3.05) is 33.4 Å². The Balaban J connectivity index is 1.68. The summed E-state index contributed by atoms with van der Waals surface area (Å²) in [6, 6.07) is 5.48. The SMILES string of the molecule is CC(CC1COCCN1)N(C)CCc1cccs1. The number of morpholine rings is 1. The van der Waals surface area contributed by atoms with E-state index in [4.69, 9.17) is 4.74 Å². The van der Waals surface area contributed by atoms with Crippen LogP contribution < -0.4 is 5.32 Å². The van der Waals surface area contributed by atoms with Gasteiger partial charge in [0, 0.05) is 30.1 Å². The normalized spacial score (nSPS) is 22.3. The molecule has 102 valence electrons. The standard InChI is InChI=1S/C14H24N2OS/c1-12(10-13-11-17-8-6-15-13)16(2)7-5-14-4-3-9-18-14/h3-4,9,12-13,15H,5-8,10-11H2,1-2H3. The van der Waals surface area contributed by atoms with E-state index in [-0.39, 0.29) is 0 Å². The van der Waals surface area contributed by atoms with E-state index < -0.39 is 0 Å². The molecule has 2 unspecified atom stereocenters. The molecule has 0 spiro atoms. The van der Waals surface area contributed by atoms with Gasteiger partial charge >= 0.3 is 0 Å². The Bertz CT molecular complexity index is 323. The van der Waals surface area contributed by atoms with Crippen LogP contribution in [0.25, 0.3) is 0 Å². The lowest BCUT2D eigenvalue weighted by Gasteiger charge is -2.31. The van der Waals surface area contributed by atoms with Crippen molar-refractivity contribution in [3.63, 3.8) is 0 Å². The van der Waals surface area contributed by atoms with Crippen molar-refractivity contribution in [3.05, 3.63) is 22.4 Å². The molecular formula is C14H24N2OS. The van der Waals surface area contributed by atoms with Crippen LogP contribution in [0.2, 0.25) is 0 Å². The summed E-state index contributed by atoms with van der Waals surface area (Å²) in [4.78, 5) is 3.93. The molecule has 0 saturated carbocycles. The fraction of sp³-hybridized carbons (Fsp3) is 0.714. The first-order valence-corrected chi connectivity index (χ1v) is 7.67. The van der Waals surface area contributed by atoms with Crippen molar-refractivity contribution < 1.29 is 4.74 Å². The molecule has 0 aromatic carbocycles. The van der Waals surface area contributed by atoms with E-state index in [1.807, 2.05) is 11.3 Å². The summed E-state index contributed by atoms with van der Waals surface area (Å²) in [5.41, 5.74) is 0. The van der Waals surface area contributed by atoms with Crippen molar-refractivity contribution in [1.82, 2.24) is 10.2 Å². The van der Waals surface area contributed by atoms with Crippen molar-refractivity contribution in [3.8, 4) is 0 Å². The fourth-order valence-electron chi connectivity index (χ4n) is 2.32. The summed E-state index contributed by atoms with van der Waals surface area (Å²) in [6.07, 6.45) is 2.33. The van der Waals surface area contributed by atoms with Crippen LogP contribution >= 0.6 is 11.3 Å². The second kappa shape index (κ2) is 7.24. The van der Waals surface area contributed by atoms with Crippen LogP contribution in [0, 0.1) is 0 Å². The fourth-order valence-corrected chi connectivity index (χ4v) is 3.02. The molecular weight excluding hydrogens is 244 g/mol. The first-order valence-electron chi connectivity index (χ1n) is 6.79. The Morgan fingerprint density at radius 3 is 3.17 bits per heavy atom. The number of rotatable bonds is 6. The number of hydrogen-bond donors (Lipinski definition) is 1. The number of hydrogen-bond acceptors (Lipinski definition) is 4. The highest BCUT2D eigenvalue weighted by Crippen LogP contribution is 2.12. The third-order valence-electron chi connectivity index (χ3n) is 3.67. The Morgan fingerprint density at radius 2 is 2.50 bits per heavy atom. The van der Waals surface area contributed by atoms with Gasteiger partial charge in [-0.25, -0.2) is 0 Å². The van der Waals surface area contributed by atoms with Crippen LogP contribution in [0.15, 0.2) is 17.5 Å². The van der Waals surface area contributed by atoms with Crippen LogP contribution in [0.1, 0.15) is 18.2 Å². The molecule has 0 bridgehead atoms. The average molecular weight is 268 g/mol. The maximum atomic E-state index is 5.50. The molecule has 1 aliphatic rings. The number of nitrogens with one attached hydrogen (secondary N) is 1. The minimum Gasteiger partial charge on any atom is -0.379 e. The zero-order chi connectivity index (χ0) is 12.8. The summed E-state index contributed by atoms with van der Waals surface area (Å²) < 4.78 is 5.50. The van der Waals surface area contributed by atoms with E-state index in [9.17, 15) is 0 Å².